The molecule has 0 amide bonds. The molecule has 0 saturated heterocycles. The van der Waals surface area contributed by atoms with Gasteiger partial charge in [-0.1, -0.05) is 18.2 Å². The third kappa shape index (κ3) is 3.24. The van der Waals surface area contributed by atoms with Crippen molar-refractivity contribution < 1.29 is 13.2 Å². The molecule has 0 saturated carbocycles. The van der Waals surface area contributed by atoms with E-state index in [0.29, 0.717) is 10.2 Å². The highest BCUT2D eigenvalue weighted by Crippen LogP contribution is 2.27. The van der Waals surface area contributed by atoms with Crippen LogP contribution >= 0.6 is 15.9 Å². The molecule has 0 atom stereocenters. The normalized spacial score (nSPS) is 11.1. The number of hydrogen-bond donors (Lipinski definition) is 1. The van der Waals surface area contributed by atoms with Crippen molar-refractivity contribution in [3.05, 3.63) is 47.1 Å². The number of pyridine rings is 1. The summed E-state index contributed by atoms with van der Waals surface area (Å²) in [5.41, 5.74) is 0. The average Bonchev–Trinajstić information content (AvgIpc) is 2.41. The van der Waals surface area contributed by atoms with Gasteiger partial charge in [-0.25, -0.2) is 13.4 Å². The van der Waals surface area contributed by atoms with Crippen LogP contribution < -0.4 is 9.46 Å². The Kier molecular flexibility index (Phi) is 4.06. The van der Waals surface area contributed by atoms with Crippen molar-refractivity contribution in [2.24, 2.45) is 0 Å². The van der Waals surface area contributed by atoms with Crippen LogP contribution in [0.2, 0.25) is 0 Å². The summed E-state index contributed by atoms with van der Waals surface area (Å²) in [7, 11) is -2.22. The fourth-order valence-electron chi connectivity index (χ4n) is 1.44. The molecular formula is C12H11BrN2O3S. The van der Waals surface area contributed by atoms with Gasteiger partial charge in [0.2, 0.25) is 0 Å². The maximum Gasteiger partial charge on any atom is 0.263 e. The Morgan fingerprint density at radius 2 is 1.95 bits per heavy atom. The van der Waals surface area contributed by atoms with Crippen LogP contribution in [-0.4, -0.2) is 20.5 Å². The van der Waals surface area contributed by atoms with Gasteiger partial charge in [0, 0.05) is 10.7 Å². The van der Waals surface area contributed by atoms with Gasteiger partial charge < -0.3 is 4.74 Å². The van der Waals surface area contributed by atoms with E-state index in [9.17, 15) is 8.42 Å². The summed E-state index contributed by atoms with van der Waals surface area (Å²) < 4.78 is 32.5. The summed E-state index contributed by atoms with van der Waals surface area (Å²) in [4.78, 5) is 4.17. The first-order valence-corrected chi connectivity index (χ1v) is 7.58. The van der Waals surface area contributed by atoms with Crippen LogP contribution in [0.5, 0.6) is 5.75 Å². The van der Waals surface area contributed by atoms with Crippen molar-refractivity contribution in [3.63, 3.8) is 0 Å². The van der Waals surface area contributed by atoms with Crippen LogP contribution in [-0.2, 0) is 10.0 Å². The quantitative estimate of drug-likeness (QED) is 0.927. The van der Waals surface area contributed by atoms with Gasteiger partial charge in [0.15, 0.2) is 11.6 Å². The lowest BCUT2D eigenvalue weighted by Gasteiger charge is -2.10. The first kappa shape index (κ1) is 13.8. The largest absolute Gasteiger partial charge is 0.493 e. The van der Waals surface area contributed by atoms with Gasteiger partial charge in [0.05, 0.1) is 12.0 Å². The first-order chi connectivity index (χ1) is 9.03. The molecule has 0 aliphatic carbocycles. The van der Waals surface area contributed by atoms with Crippen molar-refractivity contribution in [1.82, 2.24) is 4.98 Å². The van der Waals surface area contributed by atoms with E-state index in [1.807, 2.05) is 0 Å². The van der Waals surface area contributed by atoms with Crippen molar-refractivity contribution in [1.29, 1.82) is 0 Å². The molecule has 0 fully saturated rings. The minimum absolute atomic E-state index is 0.148. The summed E-state index contributed by atoms with van der Waals surface area (Å²) in [6.07, 6.45) is 1.49. The number of anilines is 1. The molecule has 0 bridgehead atoms. The number of aromatic nitrogens is 1. The van der Waals surface area contributed by atoms with E-state index in [4.69, 9.17) is 4.74 Å². The average molecular weight is 343 g/mol. The number of ether oxygens (including phenoxy) is 1. The fourth-order valence-corrected chi connectivity index (χ4v) is 2.79. The van der Waals surface area contributed by atoms with E-state index in [0.717, 1.165) is 0 Å². The molecule has 0 unspecified atom stereocenters. The maximum absolute atomic E-state index is 12.1. The number of nitrogens with zero attached hydrogens (tertiary/aromatic N) is 1. The molecular weight excluding hydrogens is 332 g/mol. The van der Waals surface area contributed by atoms with E-state index in [1.54, 1.807) is 24.3 Å². The smallest absolute Gasteiger partial charge is 0.263 e. The van der Waals surface area contributed by atoms with E-state index >= 15 is 0 Å². The minimum Gasteiger partial charge on any atom is -0.493 e. The van der Waals surface area contributed by atoms with Gasteiger partial charge in [-0.15, -0.1) is 0 Å². The predicted octanol–water partition coefficient (Wildman–Crippen LogP) is 2.65. The Bertz CT molecular complexity index is 675. The van der Waals surface area contributed by atoms with Gasteiger partial charge in [-0.3, -0.25) is 4.72 Å². The summed E-state index contributed by atoms with van der Waals surface area (Å²) in [5.74, 6) is 0.489. The fraction of sp³-hybridized carbons (Fsp3) is 0.0833. The van der Waals surface area contributed by atoms with E-state index < -0.39 is 10.0 Å². The third-order valence-corrected chi connectivity index (χ3v) is 4.11. The van der Waals surface area contributed by atoms with E-state index in [-0.39, 0.29) is 10.7 Å². The Balaban J connectivity index is 2.36. The predicted molar refractivity (Wildman–Crippen MR) is 75.7 cm³/mol. The Hall–Kier alpha value is -1.60. The monoisotopic (exact) mass is 342 g/mol. The third-order valence-electron chi connectivity index (χ3n) is 2.32. The summed E-state index contributed by atoms with van der Waals surface area (Å²) in [6.45, 7) is 0. The number of halogens is 1. The lowest BCUT2D eigenvalue weighted by molar-refractivity contribution is 0.415. The highest BCUT2D eigenvalue weighted by atomic mass is 79.9. The van der Waals surface area contributed by atoms with Crippen LogP contribution in [0.3, 0.4) is 0 Å². The number of nitrogens with one attached hydrogen (secondary N) is 1. The van der Waals surface area contributed by atoms with Crippen LogP contribution in [0.25, 0.3) is 0 Å². The second-order valence-electron chi connectivity index (χ2n) is 3.62. The molecule has 2 rings (SSSR count). The first-order valence-electron chi connectivity index (χ1n) is 5.30. The zero-order valence-corrected chi connectivity index (χ0v) is 12.4. The molecule has 0 radical (unpaired) electrons. The maximum atomic E-state index is 12.1. The molecule has 7 heteroatoms. The molecule has 1 aromatic heterocycles. The second kappa shape index (κ2) is 5.58. The molecule has 0 aliphatic heterocycles. The molecule has 19 heavy (non-hydrogen) atoms. The van der Waals surface area contributed by atoms with Crippen LogP contribution in [0.4, 0.5) is 5.82 Å². The lowest BCUT2D eigenvalue weighted by atomic mass is 10.4. The highest BCUT2D eigenvalue weighted by Gasteiger charge is 2.17. The number of benzene rings is 1. The zero-order chi connectivity index (χ0) is 13.9. The Morgan fingerprint density at radius 1 is 1.26 bits per heavy atom. The van der Waals surface area contributed by atoms with Crippen molar-refractivity contribution in [3.8, 4) is 5.75 Å². The van der Waals surface area contributed by atoms with Crippen LogP contribution in [0.1, 0.15) is 0 Å². The zero-order valence-electron chi connectivity index (χ0n) is 10.00. The number of hydrogen-bond acceptors (Lipinski definition) is 4. The number of sulfonamides is 1. The molecule has 0 spiro atoms. The standard InChI is InChI=1S/C12H11BrN2O3S/c1-18-11-7-9(13)8-14-12(11)15-19(16,17)10-5-3-2-4-6-10/h2-8H,1H3,(H,14,15). The topological polar surface area (TPSA) is 68.3 Å². The Morgan fingerprint density at radius 3 is 2.58 bits per heavy atom. The van der Waals surface area contributed by atoms with E-state index in [1.165, 1.54) is 25.4 Å². The highest BCUT2D eigenvalue weighted by molar-refractivity contribution is 9.10. The SMILES string of the molecule is COc1cc(Br)cnc1NS(=O)(=O)c1ccccc1. The van der Waals surface area contributed by atoms with Crippen molar-refractivity contribution >= 4 is 31.8 Å². The molecule has 0 aliphatic rings. The van der Waals surface area contributed by atoms with Gasteiger partial charge >= 0.3 is 0 Å². The number of methoxy groups -OCH3 is 1. The van der Waals surface area contributed by atoms with Crippen molar-refractivity contribution in [2.75, 3.05) is 11.8 Å². The number of rotatable bonds is 4. The molecule has 2 aromatic rings. The van der Waals surface area contributed by atoms with Gasteiger partial charge in [-0.05, 0) is 34.1 Å². The van der Waals surface area contributed by atoms with Gasteiger partial charge in [-0.2, -0.15) is 0 Å². The van der Waals surface area contributed by atoms with E-state index in [2.05, 4.69) is 25.6 Å². The van der Waals surface area contributed by atoms with Crippen LogP contribution in [0, 0.1) is 0 Å². The molecule has 5 nitrogen and oxygen atoms in total. The molecule has 1 N–H and O–H groups in total. The van der Waals surface area contributed by atoms with Crippen molar-refractivity contribution in [2.45, 2.75) is 4.90 Å². The van der Waals surface area contributed by atoms with Gasteiger partial charge in [0.25, 0.3) is 10.0 Å². The summed E-state index contributed by atoms with van der Waals surface area (Å²) in [6, 6.07) is 9.70. The second-order valence-corrected chi connectivity index (χ2v) is 6.22. The molecule has 1 heterocycles. The molecule has 100 valence electrons. The van der Waals surface area contributed by atoms with Gasteiger partial charge in [0.1, 0.15) is 0 Å². The summed E-state index contributed by atoms with van der Waals surface area (Å²) in [5, 5.41) is 0. The minimum atomic E-state index is -3.67. The Labute approximate surface area is 119 Å². The van der Waals surface area contributed by atoms with Crippen LogP contribution in [0.15, 0.2) is 52.0 Å². The summed E-state index contributed by atoms with van der Waals surface area (Å²) >= 11 is 3.24. The lowest BCUT2D eigenvalue weighted by Crippen LogP contribution is -2.14. The molecule has 1 aromatic carbocycles.